The molecule has 3 aromatic rings. The molecular formula is C24H26N2O4S. The zero-order chi connectivity index (χ0) is 21.8. The fraction of sp³-hybridized carbons (Fsp3) is 0.292. The minimum absolute atomic E-state index is 0.0160. The monoisotopic (exact) mass is 438 g/mol. The van der Waals surface area contributed by atoms with Crippen molar-refractivity contribution in [1.82, 2.24) is 9.62 Å². The smallest absolute Gasteiger partial charge is 0.243 e. The van der Waals surface area contributed by atoms with E-state index in [1.807, 2.05) is 25.1 Å². The number of sulfonamides is 1. The first-order chi connectivity index (χ1) is 14.9. The summed E-state index contributed by atoms with van der Waals surface area (Å²) in [6.45, 7) is 1.60. The SMILES string of the molecule is Cc1ccc(S(=O)(=O)N(CC(=O)N[C@H]2CCCc3ccccc32)Cc2ccco2)cc1. The Balaban J connectivity index is 1.55. The van der Waals surface area contributed by atoms with E-state index in [4.69, 9.17) is 4.42 Å². The van der Waals surface area contributed by atoms with E-state index in [0.717, 1.165) is 30.4 Å². The summed E-state index contributed by atoms with van der Waals surface area (Å²) in [5, 5.41) is 3.04. The Morgan fingerprint density at radius 3 is 2.61 bits per heavy atom. The quantitative estimate of drug-likeness (QED) is 0.605. The number of carbonyl (C=O) groups is 1. The van der Waals surface area contributed by atoms with Crippen molar-refractivity contribution >= 4 is 15.9 Å². The highest BCUT2D eigenvalue weighted by molar-refractivity contribution is 7.89. The molecule has 0 spiro atoms. The summed E-state index contributed by atoms with van der Waals surface area (Å²) in [5.74, 6) is 0.149. The van der Waals surface area contributed by atoms with Gasteiger partial charge >= 0.3 is 0 Å². The standard InChI is InChI=1S/C24H26N2O4S/c1-18-11-13-21(14-12-18)31(28,29)26(16-20-8-5-15-30-20)17-24(27)25-23-10-4-7-19-6-2-3-9-22(19)23/h2-3,5-6,8-9,11-15,23H,4,7,10,16-17H2,1H3,(H,25,27)/t23-/m0/s1. The van der Waals surface area contributed by atoms with E-state index >= 15 is 0 Å². The van der Waals surface area contributed by atoms with Crippen LogP contribution in [-0.2, 0) is 27.8 Å². The minimum Gasteiger partial charge on any atom is -0.468 e. The number of furan rings is 1. The van der Waals surface area contributed by atoms with Crippen LogP contribution in [0.5, 0.6) is 0 Å². The molecule has 162 valence electrons. The van der Waals surface area contributed by atoms with E-state index in [1.54, 1.807) is 36.4 Å². The van der Waals surface area contributed by atoms with Crippen LogP contribution in [0.4, 0.5) is 0 Å². The van der Waals surface area contributed by atoms with E-state index in [1.165, 1.54) is 16.1 Å². The Hall–Kier alpha value is -2.90. The Labute approximate surface area is 182 Å². The fourth-order valence-corrected chi connectivity index (χ4v) is 5.33. The summed E-state index contributed by atoms with van der Waals surface area (Å²) in [7, 11) is -3.88. The second-order valence-electron chi connectivity index (χ2n) is 7.88. The molecule has 0 bridgehead atoms. The van der Waals surface area contributed by atoms with Crippen LogP contribution < -0.4 is 5.32 Å². The van der Waals surface area contributed by atoms with Crippen LogP contribution in [-0.4, -0.2) is 25.2 Å². The van der Waals surface area contributed by atoms with Gasteiger partial charge in [-0.2, -0.15) is 4.31 Å². The second-order valence-corrected chi connectivity index (χ2v) is 9.81. The van der Waals surface area contributed by atoms with E-state index in [0.29, 0.717) is 5.76 Å². The first kappa shape index (κ1) is 21.3. The minimum atomic E-state index is -3.88. The van der Waals surface area contributed by atoms with Gasteiger partial charge in [-0.25, -0.2) is 8.42 Å². The van der Waals surface area contributed by atoms with Gasteiger partial charge in [0.25, 0.3) is 0 Å². The molecule has 0 radical (unpaired) electrons. The highest BCUT2D eigenvalue weighted by Gasteiger charge is 2.29. The third-order valence-electron chi connectivity index (χ3n) is 5.60. The summed E-state index contributed by atoms with van der Waals surface area (Å²) in [5.41, 5.74) is 3.31. The number of nitrogens with one attached hydrogen (secondary N) is 1. The van der Waals surface area contributed by atoms with E-state index < -0.39 is 10.0 Å². The molecule has 1 aliphatic carbocycles. The summed E-state index contributed by atoms with van der Waals surface area (Å²) in [6.07, 6.45) is 4.31. The lowest BCUT2D eigenvalue weighted by atomic mass is 9.88. The van der Waals surface area contributed by atoms with Gasteiger partial charge in [0.2, 0.25) is 15.9 Å². The summed E-state index contributed by atoms with van der Waals surface area (Å²) in [4.78, 5) is 13.1. The molecule has 2 aromatic carbocycles. The van der Waals surface area contributed by atoms with E-state index in [2.05, 4.69) is 11.4 Å². The van der Waals surface area contributed by atoms with Crippen molar-refractivity contribution in [3.05, 3.63) is 89.4 Å². The number of amides is 1. The molecule has 1 heterocycles. The molecule has 4 rings (SSSR count). The molecule has 0 saturated carbocycles. The van der Waals surface area contributed by atoms with Gasteiger partial charge in [-0.1, -0.05) is 42.0 Å². The molecule has 1 aliphatic rings. The largest absolute Gasteiger partial charge is 0.468 e. The zero-order valence-corrected chi connectivity index (χ0v) is 18.3. The summed E-state index contributed by atoms with van der Waals surface area (Å²) >= 11 is 0. The highest BCUT2D eigenvalue weighted by atomic mass is 32.2. The van der Waals surface area contributed by atoms with E-state index in [9.17, 15) is 13.2 Å². The highest BCUT2D eigenvalue weighted by Crippen LogP contribution is 2.29. The number of benzene rings is 2. The molecule has 0 unspecified atom stereocenters. The van der Waals surface area contributed by atoms with Gasteiger partial charge in [0.05, 0.1) is 30.3 Å². The molecule has 6 nitrogen and oxygen atoms in total. The van der Waals surface area contributed by atoms with Crippen molar-refractivity contribution < 1.29 is 17.6 Å². The van der Waals surface area contributed by atoms with Crippen LogP contribution in [0.3, 0.4) is 0 Å². The number of fused-ring (bicyclic) bond motifs is 1. The lowest BCUT2D eigenvalue weighted by Gasteiger charge is -2.28. The van der Waals surface area contributed by atoms with Crippen LogP contribution >= 0.6 is 0 Å². The Bertz CT molecular complexity index is 1140. The van der Waals surface area contributed by atoms with Gasteiger partial charge < -0.3 is 9.73 Å². The van der Waals surface area contributed by atoms with Crippen LogP contribution in [0.1, 0.15) is 41.3 Å². The fourth-order valence-electron chi connectivity index (χ4n) is 3.97. The van der Waals surface area contributed by atoms with Crippen LogP contribution in [0.2, 0.25) is 0 Å². The predicted octanol–water partition coefficient (Wildman–Crippen LogP) is 3.97. The Morgan fingerprint density at radius 1 is 1.10 bits per heavy atom. The summed E-state index contributed by atoms with van der Waals surface area (Å²) < 4.78 is 33.1. The van der Waals surface area contributed by atoms with Gasteiger partial charge in [-0.15, -0.1) is 0 Å². The second kappa shape index (κ2) is 9.08. The van der Waals surface area contributed by atoms with Crippen molar-refractivity contribution in [1.29, 1.82) is 0 Å². The maximum Gasteiger partial charge on any atom is 0.243 e. The molecule has 31 heavy (non-hydrogen) atoms. The summed E-state index contributed by atoms with van der Waals surface area (Å²) in [6, 6.07) is 18.0. The molecule has 0 saturated heterocycles. The van der Waals surface area contributed by atoms with Crippen molar-refractivity contribution in [3.63, 3.8) is 0 Å². The third kappa shape index (κ3) is 4.89. The van der Waals surface area contributed by atoms with Crippen LogP contribution in [0.25, 0.3) is 0 Å². The number of aryl methyl sites for hydroxylation is 2. The average molecular weight is 439 g/mol. The third-order valence-corrected chi connectivity index (χ3v) is 7.40. The number of rotatable bonds is 7. The number of nitrogens with zero attached hydrogens (tertiary/aromatic N) is 1. The maximum absolute atomic E-state index is 13.3. The molecule has 1 N–H and O–H groups in total. The van der Waals surface area contributed by atoms with Gasteiger partial charge in [0.15, 0.2) is 0 Å². The number of hydrogen-bond donors (Lipinski definition) is 1. The van der Waals surface area contributed by atoms with E-state index in [-0.39, 0.29) is 29.9 Å². The van der Waals surface area contributed by atoms with Gasteiger partial charge in [0, 0.05) is 0 Å². The molecule has 7 heteroatoms. The lowest BCUT2D eigenvalue weighted by Crippen LogP contribution is -2.42. The van der Waals surface area contributed by atoms with Gasteiger partial charge in [-0.05, 0) is 61.6 Å². The van der Waals surface area contributed by atoms with Crippen molar-refractivity contribution in [2.45, 2.75) is 43.7 Å². The Kier molecular flexibility index (Phi) is 6.25. The normalized spacial score (nSPS) is 16.1. The zero-order valence-electron chi connectivity index (χ0n) is 17.5. The first-order valence-corrected chi connectivity index (χ1v) is 11.8. The molecule has 1 aromatic heterocycles. The number of hydrogen-bond acceptors (Lipinski definition) is 4. The molecule has 0 fully saturated rings. The van der Waals surface area contributed by atoms with Gasteiger partial charge in [-0.3, -0.25) is 4.79 Å². The lowest BCUT2D eigenvalue weighted by molar-refractivity contribution is -0.122. The Morgan fingerprint density at radius 2 is 1.87 bits per heavy atom. The van der Waals surface area contributed by atoms with Crippen molar-refractivity contribution in [2.75, 3.05) is 6.54 Å². The first-order valence-electron chi connectivity index (χ1n) is 10.4. The topological polar surface area (TPSA) is 79.6 Å². The van der Waals surface area contributed by atoms with Crippen LogP contribution in [0.15, 0.2) is 76.2 Å². The van der Waals surface area contributed by atoms with Gasteiger partial charge in [0.1, 0.15) is 5.76 Å². The molecule has 1 amide bonds. The maximum atomic E-state index is 13.3. The van der Waals surface area contributed by atoms with Crippen LogP contribution in [0, 0.1) is 6.92 Å². The van der Waals surface area contributed by atoms with Crippen molar-refractivity contribution in [2.24, 2.45) is 0 Å². The average Bonchev–Trinajstić information content (AvgIpc) is 3.27. The predicted molar refractivity (Wildman–Crippen MR) is 118 cm³/mol. The molecule has 1 atom stereocenters. The van der Waals surface area contributed by atoms with Crippen molar-refractivity contribution in [3.8, 4) is 0 Å². The number of carbonyl (C=O) groups excluding carboxylic acids is 1. The molecular weight excluding hydrogens is 412 g/mol. The molecule has 0 aliphatic heterocycles.